The Hall–Kier alpha value is -1.34. The van der Waals surface area contributed by atoms with E-state index in [0.29, 0.717) is 11.8 Å². The average Bonchev–Trinajstić information content (AvgIpc) is 3.07. The van der Waals surface area contributed by atoms with Crippen molar-refractivity contribution in [3.8, 4) is 11.4 Å². The number of aryl methyl sites for hydroxylation is 1. The van der Waals surface area contributed by atoms with Crippen LogP contribution in [0.5, 0.6) is 0 Å². The van der Waals surface area contributed by atoms with Gasteiger partial charge in [-0.3, -0.25) is 4.79 Å². The number of hydrogen-bond acceptors (Lipinski definition) is 5. The number of nitrogens with one attached hydrogen (secondary N) is 1. The third-order valence-corrected chi connectivity index (χ3v) is 7.09. The molecule has 2 aromatic rings. The quantitative estimate of drug-likeness (QED) is 0.578. The van der Waals surface area contributed by atoms with E-state index >= 15 is 0 Å². The van der Waals surface area contributed by atoms with E-state index in [9.17, 15) is 4.79 Å². The second-order valence-corrected chi connectivity index (χ2v) is 8.95. The summed E-state index contributed by atoms with van der Waals surface area (Å²) in [6, 6.07) is 0.349. The summed E-state index contributed by atoms with van der Waals surface area (Å²) >= 11 is 3.22. The zero-order valence-corrected chi connectivity index (χ0v) is 17.5. The molecule has 1 amide bonds. The number of amides is 1. The van der Waals surface area contributed by atoms with Crippen LogP contribution in [0.2, 0.25) is 0 Å². The molecule has 0 spiro atoms. The Balaban J connectivity index is 1.63. The molecule has 0 aromatic carbocycles. The first kappa shape index (κ1) is 19.4. The van der Waals surface area contributed by atoms with Gasteiger partial charge in [-0.05, 0) is 39.2 Å². The topological polar surface area (TPSA) is 59.8 Å². The summed E-state index contributed by atoms with van der Waals surface area (Å²) in [5.41, 5.74) is 2.41. The minimum atomic E-state index is 0.108. The van der Waals surface area contributed by atoms with Crippen LogP contribution in [0.4, 0.5) is 0 Å². The van der Waals surface area contributed by atoms with Gasteiger partial charge >= 0.3 is 0 Å². The molecule has 142 valence electrons. The van der Waals surface area contributed by atoms with E-state index in [0.717, 1.165) is 35.9 Å². The third kappa shape index (κ3) is 4.49. The van der Waals surface area contributed by atoms with Gasteiger partial charge in [-0.2, -0.15) is 0 Å². The van der Waals surface area contributed by atoms with E-state index in [-0.39, 0.29) is 5.91 Å². The van der Waals surface area contributed by atoms with Gasteiger partial charge < -0.3 is 9.88 Å². The van der Waals surface area contributed by atoms with Gasteiger partial charge in [0, 0.05) is 28.4 Å². The van der Waals surface area contributed by atoms with Crippen LogP contribution in [0.15, 0.2) is 10.5 Å². The fraction of sp³-hybridized carbons (Fsp3) is 0.632. The van der Waals surface area contributed by atoms with Crippen molar-refractivity contribution in [1.82, 2.24) is 20.1 Å². The van der Waals surface area contributed by atoms with Crippen molar-refractivity contribution in [2.75, 3.05) is 5.75 Å². The lowest BCUT2D eigenvalue weighted by Gasteiger charge is -2.16. The van der Waals surface area contributed by atoms with Gasteiger partial charge in [-0.25, -0.2) is 0 Å². The highest BCUT2D eigenvalue weighted by Gasteiger charge is 2.19. The van der Waals surface area contributed by atoms with E-state index in [1.807, 2.05) is 0 Å². The maximum absolute atomic E-state index is 12.3. The Labute approximate surface area is 164 Å². The lowest BCUT2D eigenvalue weighted by Crippen LogP contribution is -2.35. The normalized spacial score (nSPS) is 15.8. The Morgan fingerprint density at radius 1 is 1.27 bits per heavy atom. The fourth-order valence-electron chi connectivity index (χ4n) is 3.44. The van der Waals surface area contributed by atoms with Crippen LogP contribution in [0.3, 0.4) is 0 Å². The predicted molar refractivity (Wildman–Crippen MR) is 109 cm³/mol. The number of hydrogen-bond donors (Lipinski definition) is 1. The zero-order valence-electron chi connectivity index (χ0n) is 15.9. The first-order chi connectivity index (χ1) is 12.6. The summed E-state index contributed by atoms with van der Waals surface area (Å²) in [5, 5.41) is 14.9. The van der Waals surface area contributed by atoms with Gasteiger partial charge in [-0.15, -0.1) is 21.5 Å². The van der Waals surface area contributed by atoms with Crippen molar-refractivity contribution >= 4 is 29.0 Å². The first-order valence-corrected chi connectivity index (χ1v) is 11.4. The average molecular weight is 393 g/mol. The monoisotopic (exact) mass is 392 g/mol. The van der Waals surface area contributed by atoms with Gasteiger partial charge in [0.1, 0.15) is 0 Å². The highest BCUT2D eigenvalue weighted by molar-refractivity contribution is 7.99. The van der Waals surface area contributed by atoms with Crippen LogP contribution >= 0.6 is 23.1 Å². The van der Waals surface area contributed by atoms with Crippen molar-refractivity contribution in [1.29, 1.82) is 0 Å². The molecule has 1 N–H and O–H groups in total. The minimum absolute atomic E-state index is 0.108. The van der Waals surface area contributed by atoms with Crippen LogP contribution in [0.25, 0.3) is 11.4 Å². The van der Waals surface area contributed by atoms with Crippen molar-refractivity contribution in [2.45, 2.75) is 77.0 Å². The zero-order chi connectivity index (χ0) is 18.5. The van der Waals surface area contributed by atoms with Crippen molar-refractivity contribution < 1.29 is 4.79 Å². The van der Waals surface area contributed by atoms with Crippen LogP contribution in [-0.2, 0) is 11.3 Å². The number of thioether (sulfide) groups is 1. The largest absolute Gasteiger partial charge is 0.353 e. The number of carbonyl (C=O) groups is 1. The lowest BCUT2D eigenvalue weighted by atomic mass is 10.1. The van der Waals surface area contributed by atoms with Gasteiger partial charge in [0.2, 0.25) is 5.91 Å². The highest BCUT2D eigenvalue weighted by atomic mass is 32.2. The Kier molecular flexibility index (Phi) is 6.75. The van der Waals surface area contributed by atoms with Gasteiger partial charge in [0.25, 0.3) is 0 Å². The highest BCUT2D eigenvalue weighted by Crippen LogP contribution is 2.31. The van der Waals surface area contributed by atoms with Gasteiger partial charge in [0.05, 0.1) is 5.75 Å². The Bertz CT molecular complexity index is 745. The predicted octanol–water partition coefficient (Wildman–Crippen LogP) is 4.57. The molecule has 1 fully saturated rings. The molecule has 2 aromatic heterocycles. The Morgan fingerprint density at radius 2 is 2.00 bits per heavy atom. The number of thiophene rings is 1. The first-order valence-electron chi connectivity index (χ1n) is 9.50. The number of carbonyl (C=O) groups excluding carboxylic acids is 1. The maximum atomic E-state index is 12.3. The minimum Gasteiger partial charge on any atom is -0.353 e. The second kappa shape index (κ2) is 9.04. The number of nitrogens with zero attached hydrogens (tertiary/aromatic N) is 3. The maximum Gasteiger partial charge on any atom is 0.230 e. The van der Waals surface area contributed by atoms with Crippen LogP contribution < -0.4 is 5.32 Å². The summed E-state index contributed by atoms with van der Waals surface area (Å²) < 4.78 is 2.11. The van der Waals surface area contributed by atoms with Crippen LogP contribution in [0, 0.1) is 13.8 Å². The molecule has 0 unspecified atom stereocenters. The molecule has 1 aliphatic rings. The standard InChI is InChI=1S/C19H28N4OS2/c1-4-23-18(16-11-25-14(3)13(16)2)21-22-19(23)26-12-17(24)20-15-9-7-5-6-8-10-15/h11,15H,4-10,12H2,1-3H3,(H,20,24). The molecular weight excluding hydrogens is 364 g/mol. The number of aromatic nitrogens is 3. The molecule has 1 aliphatic carbocycles. The molecule has 0 aliphatic heterocycles. The summed E-state index contributed by atoms with van der Waals surface area (Å²) in [4.78, 5) is 13.7. The Morgan fingerprint density at radius 3 is 2.62 bits per heavy atom. The second-order valence-electron chi connectivity index (χ2n) is 6.93. The molecule has 0 bridgehead atoms. The molecule has 1 saturated carbocycles. The fourth-order valence-corrected chi connectivity index (χ4v) is 5.11. The van der Waals surface area contributed by atoms with E-state index in [1.165, 1.54) is 47.9 Å². The van der Waals surface area contributed by atoms with E-state index < -0.39 is 0 Å². The summed E-state index contributed by atoms with van der Waals surface area (Å²) in [7, 11) is 0. The third-order valence-electron chi connectivity index (χ3n) is 5.11. The summed E-state index contributed by atoms with van der Waals surface area (Å²) in [6.45, 7) is 7.15. The van der Waals surface area contributed by atoms with Gasteiger partial charge in [0.15, 0.2) is 11.0 Å². The van der Waals surface area contributed by atoms with Crippen LogP contribution in [0.1, 0.15) is 55.9 Å². The molecule has 3 rings (SSSR count). The van der Waals surface area contributed by atoms with Crippen LogP contribution in [-0.4, -0.2) is 32.5 Å². The smallest absolute Gasteiger partial charge is 0.230 e. The van der Waals surface area contributed by atoms with Crippen molar-refractivity contribution in [3.05, 3.63) is 15.8 Å². The lowest BCUT2D eigenvalue weighted by molar-refractivity contribution is -0.119. The molecule has 0 radical (unpaired) electrons. The molecule has 26 heavy (non-hydrogen) atoms. The molecular formula is C19H28N4OS2. The van der Waals surface area contributed by atoms with E-state index in [2.05, 4.69) is 46.2 Å². The number of rotatable bonds is 6. The molecule has 5 nitrogen and oxygen atoms in total. The van der Waals surface area contributed by atoms with E-state index in [1.54, 1.807) is 11.3 Å². The van der Waals surface area contributed by atoms with E-state index in [4.69, 9.17) is 0 Å². The SMILES string of the molecule is CCn1c(SCC(=O)NC2CCCCCC2)nnc1-c1csc(C)c1C. The summed E-state index contributed by atoms with van der Waals surface area (Å²) in [5.74, 6) is 1.41. The molecule has 2 heterocycles. The molecule has 7 heteroatoms. The summed E-state index contributed by atoms with van der Waals surface area (Å²) in [6.07, 6.45) is 7.27. The molecule has 0 atom stereocenters. The molecule has 0 saturated heterocycles. The van der Waals surface area contributed by atoms with Crippen molar-refractivity contribution in [2.24, 2.45) is 0 Å². The van der Waals surface area contributed by atoms with Crippen molar-refractivity contribution in [3.63, 3.8) is 0 Å². The van der Waals surface area contributed by atoms with Gasteiger partial charge in [-0.1, -0.05) is 37.4 Å².